The van der Waals surface area contributed by atoms with Crippen LogP contribution in [0.25, 0.3) is 0 Å². The van der Waals surface area contributed by atoms with E-state index in [0.29, 0.717) is 33.8 Å². The third kappa shape index (κ3) is 7.73. The van der Waals surface area contributed by atoms with E-state index in [-0.39, 0.29) is 11.7 Å². The Kier molecular flexibility index (Phi) is 9.11. The maximum absolute atomic E-state index is 12.1. The molecule has 0 saturated heterocycles. The highest BCUT2D eigenvalue weighted by atomic mass is 79.9. The van der Waals surface area contributed by atoms with Crippen LogP contribution in [0, 0.1) is 13.8 Å². The number of carbonyl (C=O) groups excluding carboxylic acids is 1. The van der Waals surface area contributed by atoms with Gasteiger partial charge in [0.1, 0.15) is 6.61 Å². The van der Waals surface area contributed by atoms with Crippen molar-refractivity contribution in [2.75, 3.05) is 12.9 Å². The number of benzene rings is 2. The van der Waals surface area contributed by atoms with Gasteiger partial charge in [-0.25, -0.2) is 15.4 Å². The second-order valence-corrected chi connectivity index (χ2v) is 9.23. The van der Waals surface area contributed by atoms with Crippen LogP contribution in [0.5, 0.6) is 11.5 Å². The van der Waals surface area contributed by atoms with Crippen LogP contribution in [0.1, 0.15) is 22.5 Å². The second kappa shape index (κ2) is 12.0. The molecular formula is C23H22BrClN4O3S. The molecule has 0 spiro atoms. The molecule has 1 N–H and O–H groups in total. The first-order valence-corrected chi connectivity index (χ1v) is 12.0. The number of methoxy groups -OCH3 is 1. The van der Waals surface area contributed by atoms with E-state index in [1.165, 1.54) is 25.1 Å². The van der Waals surface area contributed by atoms with Gasteiger partial charge >= 0.3 is 0 Å². The molecule has 0 radical (unpaired) electrons. The molecule has 3 rings (SSSR count). The van der Waals surface area contributed by atoms with Crippen LogP contribution >= 0.6 is 39.3 Å². The van der Waals surface area contributed by atoms with Crippen molar-refractivity contribution >= 4 is 51.4 Å². The van der Waals surface area contributed by atoms with Gasteiger partial charge in [-0.05, 0) is 55.3 Å². The summed E-state index contributed by atoms with van der Waals surface area (Å²) in [5, 5.41) is 4.93. The van der Waals surface area contributed by atoms with Gasteiger partial charge in [-0.15, -0.1) is 0 Å². The molecule has 0 unspecified atom stereocenters. The Morgan fingerprint density at radius 1 is 1.18 bits per heavy atom. The van der Waals surface area contributed by atoms with Crippen LogP contribution in [0.3, 0.4) is 0 Å². The van der Waals surface area contributed by atoms with E-state index in [2.05, 4.69) is 36.4 Å². The third-order valence-electron chi connectivity index (χ3n) is 4.25. The van der Waals surface area contributed by atoms with Gasteiger partial charge in [0.05, 0.1) is 24.1 Å². The molecule has 3 aromatic rings. The Bertz CT molecular complexity index is 1140. The molecule has 2 aromatic carbocycles. The summed E-state index contributed by atoms with van der Waals surface area (Å²) >= 11 is 11.1. The van der Waals surface area contributed by atoms with Crippen molar-refractivity contribution in [1.29, 1.82) is 0 Å². The summed E-state index contributed by atoms with van der Waals surface area (Å²) in [5.41, 5.74) is 5.85. The van der Waals surface area contributed by atoms with Gasteiger partial charge in [-0.3, -0.25) is 4.79 Å². The number of carbonyl (C=O) groups is 1. The number of thioether (sulfide) groups is 1. The smallest absolute Gasteiger partial charge is 0.250 e. The summed E-state index contributed by atoms with van der Waals surface area (Å²) in [6.07, 6.45) is 1.49. The highest BCUT2D eigenvalue weighted by molar-refractivity contribution is 9.10. The molecule has 10 heteroatoms. The number of ether oxygens (including phenoxy) is 2. The molecule has 1 amide bonds. The molecule has 0 aliphatic carbocycles. The fourth-order valence-electron chi connectivity index (χ4n) is 2.79. The topological polar surface area (TPSA) is 85.7 Å². The number of amides is 1. The highest BCUT2D eigenvalue weighted by Gasteiger charge is 2.12. The lowest BCUT2D eigenvalue weighted by molar-refractivity contribution is -0.118. The number of halogens is 2. The first kappa shape index (κ1) is 25.0. The van der Waals surface area contributed by atoms with Crippen LogP contribution in [0.2, 0.25) is 5.02 Å². The van der Waals surface area contributed by atoms with Crippen LogP contribution in [0.4, 0.5) is 0 Å². The number of nitrogens with zero attached hydrogens (tertiary/aromatic N) is 3. The van der Waals surface area contributed by atoms with Gasteiger partial charge in [0.2, 0.25) is 0 Å². The maximum Gasteiger partial charge on any atom is 0.250 e. The largest absolute Gasteiger partial charge is 0.493 e. The van der Waals surface area contributed by atoms with Gasteiger partial charge in [-0.2, -0.15) is 5.10 Å². The van der Waals surface area contributed by atoms with Gasteiger partial charge in [0.25, 0.3) is 5.91 Å². The van der Waals surface area contributed by atoms with Crippen molar-refractivity contribution in [3.8, 4) is 11.5 Å². The lowest BCUT2D eigenvalue weighted by Gasteiger charge is -2.13. The Labute approximate surface area is 210 Å². The predicted molar refractivity (Wildman–Crippen MR) is 134 cm³/mol. The number of aryl methyl sites for hydroxylation is 2. The Morgan fingerprint density at radius 3 is 2.55 bits per heavy atom. The molecule has 0 aliphatic rings. The average Bonchev–Trinajstić information content (AvgIpc) is 2.77. The number of nitrogens with one attached hydrogen (secondary N) is 1. The fourth-order valence-corrected chi connectivity index (χ4v) is 4.07. The zero-order chi connectivity index (χ0) is 23.8. The SMILES string of the molecule is COc1cc(/C=N\NC(=O)CSc2nc(C)cc(C)n2)cc(Cl)c1OCc1ccc(Br)cc1. The summed E-state index contributed by atoms with van der Waals surface area (Å²) in [6, 6.07) is 13.1. The molecule has 1 aromatic heterocycles. The summed E-state index contributed by atoms with van der Waals surface area (Å²) in [6.45, 7) is 4.12. The van der Waals surface area contributed by atoms with E-state index in [4.69, 9.17) is 21.1 Å². The zero-order valence-electron chi connectivity index (χ0n) is 18.3. The third-order valence-corrected chi connectivity index (χ3v) is 5.90. The van der Waals surface area contributed by atoms with E-state index < -0.39 is 0 Å². The summed E-state index contributed by atoms with van der Waals surface area (Å²) in [5.74, 6) is 0.780. The highest BCUT2D eigenvalue weighted by Crippen LogP contribution is 2.36. The normalized spacial score (nSPS) is 10.9. The van der Waals surface area contributed by atoms with Gasteiger partial charge < -0.3 is 9.47 Å². The summed E-state index contributed by atoms with van der Waals surface area (Å²) in [7, 11) is 1.53. The summed E-state index contributed by atoms with van der Waals surface area (Å²) < 4.78 is 12.3. The molecule has 0 atom stereocenters. The number of rotatable bonds is 9. The van der Waals surface area contributed by atoms with Crippen molar-refractivity contribution < 1.29 is 14.3 Å². The number of hydrogen-bond donors (Lipinski definition) is 1. The summed E-state index contributed by atoms with van der Waals surface area (Å²) in [4.78, 5) is 20.7. The van der Waals surface area contributed by atoms with Crippen LogP contribution in [-0.2, 0) is 11.4 Å². The first-order chi connectivity index (χ1) is 15.8. The van der Waals surface area contributed by atoms with Crippen molar-refractivity contribution in [2.45, 2.75) is 25.6 Å². The quantitative estimate of drug-likeness (QED) is 0.168. The molecule has 0 fully saturated rings. The Balaban J connectivity index is 1.58. The fraction of sp³-hybridized carbons (Fsp3) is 0.217. The van der Waals surface area contributed by atoms with E-state index in [1.54, 1.807) is 12.1 Å². The molecule has 0 bridgehead atoms. The van der Waals surface area contributed by atoms with E-state index in [1.807, 2.05) is 44.2 Å². The average molecular weight is 550 g/mol. The molecule has 172 valence electrons. The van der Waals surface area contributed by atoms with E-state index in [0.717, 1.165) is 21.4 Å². The van der Waals surface area contributed by atoms with E-state index in [9.17, 15) is 4.79 Å². The molecule has 7 nitrogen and oxygen atoms in total. The minimum atomic E-state index is -0.272. The van der Waals surface area contributed by atoms with Crippen molar-refractivity contribution in [1.82, 2.24) is 15.4 Å². The van der Waals surface area contributed by atoms with Crippen molar-refractivity contribution in [3.63, 3.8) is 0 Å². The van der Waals surface area contributed by atoms with Crippen molar-refractivity contribution in [2.24, 2.45) is 5.10 Å². The van der Waals surface area contributed by atoms with E-state index >= 15 is 0 Å². The monoisotopic (exact) mass is 548 g/mol. The van der Waals surface area contributed by atoms with Crippen molar-refractivity contribution in [3.05, 3.63) is 74.5 Å². The number of hydrogen-bond acceptors (Lipinski definition) is 7. The van der Waals surface area contributed by atoms with Gasteiger partial charge in [-0.1, -0.05) is 51.4 Å². The van der Waals surface area contributed by atoms with Crippen LogP contribution in [0.15, 0.2) is 57.2 Å². The minimum Gasteiger partial charge on any atom is -0.493 e. The minimum absolute atomic E-state index is 0.146. The molecule has 1 heterocycles. The lowest BCUT2D eigenvalue weighted by Crippen LogP contribution is -2.19. The van der Waals surface area contributed by atoms with Gasteiger partial charge in [0.15, 0.2) is 16.7 Å². The second-order valence-electron chi connectivity index (χ2n) is 6.96. The van der Waals surface area contributed by atoms with Crippen LogP contribution in [-0.4, -0.2) is 35.0 Å². The predicted octanol–water partition coefficient (Wildman–Crippen LogP) is 5.34. The maximum atomic E-state index is 12.1. The Morgan fingerprint density at radius 2 is 1.88 bits per heavy atom. The number of hydrazone groups is 1. The molecule has 0 saturated carbocycles. The first-order valence-electron chi connectivity index (χ1n) is 9.86. The Hall–Kier alpha value is -2.62. The standard InChI is InChI=1S/C23H22BrClN4O3S/c1-14-8-15(2)28-23(27-14)33-13-21(30)29-26-11-17-9-19(25)22(20(10-17)31-3)32-12-16-4-6-18(24)7-5-16/h4-11H,12-13H2,1-3H3,(H,29,30)/b26-11-. The van der Waals surface area contributed by atoms with Gasteiger partial charge in [0, 0.05) is 15.9 Å². The number of aromatic nitrogens is 2. The molecule has 33 heavy (non-hydrogen) atoms. The molecule has 0 aliphatic heterocycles. The zero-order valence-corrected chi connectivity index (χ0v) is 21.4. The lowest BCUT2D eigenvalue weighted by atomic mass is 10.2. The molecular weight excluding hydrogens is 528 g/mol. The van der Waals surface area contributed by atoms with Crippen LogP contribution < -0.4 is 14.9 Å².